The van der Waals surface area contributed by atoms with Crippen LogP contribution in [0, 0.1) is 5.41 Å². The number of hydrogen-bond donors (Lipinski definition) is 3. The summed E-state index contributed by atoms with van der Waals surface area (Å²) in [6.07, 6.45) is 0.601. The molecule has 9 nitrogen and oxygen atoms in total. The first kappa shape index (κ1) is 19.3. The number of anilines is 1. The van der Waals surface area contributed by atoms with Crippen molar-refractivity contribution >= 4 is 47.0 Å². The molecule has 0 spiro atoms. The Morgan fingerprint density at radius 2 is 1.93 bits per heavy atom. The Hall–Kier alpha value is -3.43. The van der Waals surface area contributed by atoms with E-state index in [0.717, 1.165) is 0 Å². The van der Waals surface area contributed by atoms with E-state index < -0.39 is 11.7 Å². The SMILES string of the molecule is N=C(Oc1c(Cl)cc(NC(=O)c2noc(=O)[nH]2)cc1Cl)c1ccccc1C=O. The summed E-state index contributed by atoms with van der Waals surface area (Å²) in [6.45, 7) is 0. The first-order valence-electron chi connectivity index (χ1n) is 7.56. The maximum Gasteiger partial charge on any atom is 0.439 e. The first-order chi connectivity index (χ1) is 13.4. The lowest BCUT2D eigenvalue weighted by atomic mass is 10.1. The summed E-state index contributed by atoms with van der Waals surface area (Å²) in [5, 5.41) is 13.8. The molecule has 1 amide bonds. The number of ether oxygens (including phenoxy) is 1. The zero-order chi connectivity index (χ0) is 20.3. The number of carbonyl (C=O) groups is 2. The lowest BCUT2D eigenvalue weighted by Crippen LogP contribution is -2.15. The minimum Gasteiger partial charge on any atom is -0.436 e. The number of aldehydes is 1. The third kappa shape index (κ3) is 4.11. The van der Waals surface area contributed by atoms with Crippen molar-refractivity contribution in [1.82, 2.24) is 10.1 Å². The Kier molecular flexibility index (Phi) is 5.57. The average Bonchev–Trinajstić information content (AvgIpc) is 3.11. The van der Waals surface area contributed by atoms with Gasteiger partial charge in [-0.1, -0.05) is 41.4 Å². The van der Waals surface area contributed by atoms with Gasteiger partial charge in [-0.05, 0) is 23.4 Å². The van der Waals surface area contributed by atoms with Crippen molar-refractivity contribution < 1.29 is 18.8 Å². The molecule has 0 atom stereocenters. The number of nitrogens with one attached hydrogen (secondary N) is 3. The van der Waals surface area contributed by atoms with Crippen LogP contribution in [0.1, 0.15) is 26.5 Å². The molecule has 3 rings (SSSR count). The van der Waals surface area contributed by atoms with Gasteiger partial charge in [-0.25, -0.2) is 4.79 Å². The fourth-order valence-corrected chi connectivity index (χ4v) is 2.78. The molecule has 142 valence electrons. The Bertz CT molecular complexity index is 1120. The summed E-state index contributed by atoms with van der Waals surface area (Å²) < 4.78 is 9.68. The van der Waals surface area contributed by atoms with E-state index in [-0.39, 0.29) is 44.3 Å². The van der Waals surface area contributed by atoms with E-state index in [1.165, 1.54) is 18.2 Å². The Morgan fingerprint density at radius 1 is 1.25 bits per heavy atom. The first-order valence-corrected chi connectivity index (χ1v) is 8.32. The highest BCUT2D eigenvalue weighted by Crippen LogP contribution is 2.36. The zero-order valence-corrected chi connectivity index (χ0v) is 15.3. The van der Waals surface area contributed by atoms with Gasteiger partial charge in [0.2, 0.25) is 11.7 Å². The minimum absolute atomic E-state index is 0.00443. The molecule has 3 N–H and O–H groups in total. The molecule has 0 unspecified atom stereocenters. The molecule has 2 aromatic carbocycles. The van der Waals surface area contributed by atoms with Crippen LogP contribution in [-0.4, -0.2) is 28.2 Å². The van der Waals surface area contributed by atoms with E-state index >= 15 is 0 Å². The van der Waals surface area contributed by atoms with Gasteiger partial charge in [-0.15, -0.1) is 0 Å². The predicted octanol–water partition coefficient (Wildman–Crippen LogP) is 3.14. The van der Waals surface area contributed by atoms with E-state index in [9.17, 15) is 14.4 Å². The number of aromatic amines is 1. The molecule has 1 aromatic heterocycles. The largest absolute Gasteiger partial charge is 0.439 e. The van der Waals surface area contributed by atoms with Gasteiger partial charge in [0.05, 0.1) is 10.0 Å². The van der Waals surface area contributed by atoms with Crippen molar-refractivity contribution in [2.75, 3.05) is 5.32 Å². The monoisotopic (exact) mass is 420 g/mol. The second kappa shape index (κ2) is 8.07. The third-order valence-corrected chi connectivity index (χ3v) is 4.01. The molecular formula is C17H10Cl2N4O5. The van der Waals surface area contributed by atoms with Gasteiger partial charge in [-0.2, -0.15) is 0 Å². The van der Waals surface area contributed by atoms with Crippen LogP contribution in [0.3, 0.4) is 0 Å². The fraction of sp³-hybridized carbons (Fsp3) is 0. The Morgan fingerprint density at radius 3 is 2.54 bits per heavy atom. The normalized spacial score (nSPS) is 10.4. The molecule has 0 saturated carbocycles. The number of carbonyl (C=O) groups excluding carboxylic acids is 2. The molecule has 0 aliphatic carbocycles. The quantitative estimate of drug-likeness (QED) is 0.329. The molecule has 3 aromatic rings. The van der Waals surface area contributed by atoms with Gasteiger partial charge in [0.25, 0.3) is 5.91 Å². The summed E-state index contributed by atoms with van der Waals surface area (Å²) in [5.74, 6) is -2.31. The molecule has 0 saturated heterocycles. The minimum atomic E-state index is -0.876. The fourth-order valence-electron chi connectivity index (χ4n) is 2.21. The zero-order valence-electron chi connectivity index (χ0n) is 13.8. The van der Waals surface area contributed by atoms with Crippen LogP contribution < -0.4 is 15.8 Å². The topological polar surface area (TPSA) is 138 Å². The van der Waals surface area contributed by atoms with Crippen molar-refractivity contribution in [2.45, 2.75) is 0 Å². The van der Waals surface area contributed by atoms with Crippen molar-refractivity contribution in [1.29, 1.82) is 5.41 Å². The number of nitrogens with zero attached hydrogens (tertiary/aromatic N) is 1. The smallest absolute Gasteiger partial charge is 0.436 e. The second-order valence-electron chi connectivity index (χ2n) is 5.30. The van der Waals surface area contributed by atoms with Crippen molar-refractivity contribution in [3.8, 4) is 5.75 Å². The van der Waals surface area contributed by atoms with Crippen LogP contribution >= 0.6 is 23.2 Å². The lowest BCUT2D eigenvalue weighted by molar-refractivity contribution is 0.101. The van der Waals surface area contributed by atoms with Gasteiger partial charge in [-0.3, -0.25) is 24.5 Å². The number of rotatable bonds is 5. The van der Waals surface area contributed by atoms with Crippen molar-refractivity contribution in [3.05, 3.63) is 73.9 Å². The van der Waals surface area contributed by atoms with Gasteiger partial charge in [0, 0.05) is 16.8 Å². The van der Waals surface area contributed by atoms with Crippen LogP contribution in [0.25, 0.3) is 0 Å². The molecule has 0 aliphatic heterocycles. The third-order valence-electron chi connectivity index (χ3n) is 3.45. The summed E-state index contributed by atoms with van der Waals surface area (Å²) in [4.78, 5) is 36.1. The van der Waals surface area contributed by atoms with E-state index in [1.807, 2.05) is 0 Å². The number of amides is 1. The standard InChI is InChI=1S/C17H10Cl2N4O5/c18-11-5-9(21-16(25)15-22-17(26)28-23-15)6-12(19)13(11)27-14(20)10-4-2-1-3-8(10)7-24/h1-7,20H,(H,21,25)(H,22,23,26). The van der Waals surface area contributed by atoms with E-state index in [4.69, 9.17) is 33.3 Å². The summed E-state index contributed by atoms with van der Waals surface area (Å²) in [7, 11) is 0. The van der Waals surface area contributed by atoms with Gasteiger partial charge < -0.3 is 10.1 Å². The van der Waals surface area contributed by atoms with Crippen molar-refractivity contribution in [2.24, 2.45) is 0 Å². The molecule has 0 aliphatic rings. The highest BCUT2D eigenvalue weighted by molar-refractivity contribution is 6.38. The van der Waals surface area contributed by atoms with Gasteiger partial charge in [0.15, 0.2) is 12.0 Å². The second-order valence-corrected chi connectivity index (χ2v) is 6.12. The molecule has 11 heteroatoms. The number of hydrogen-bond acceptors (Lipinski definition) is 7. The average molecular weight is 421 g/mol. The Balaban J connectivity index is 1.82. The number of aromatic nitrogens is 2. The molecule has 0 fully saturated rings. The van der Waals surface area contributed by atoms with Crippen LogP contribution in [0.4, 0.5) is 5.69 Å². The molecule has 0 radical (unpaired) electrons. The van der Waals surface area contributed by atoms with Crippen molar-refractivity contribution in [3.63, 3.8) is 0 Å². The molecule has 0 bridgehead atoms. The van der Waals surface area contributed by atoms with Crippen LogP contribution in [0.2, 0.25) is 10.0 Å². The van der Waals surface area contributed by atoms with E-state index in [2.05, 4.69) is 20.0 Å². The van der Waals surface area contributed by atoms with E-state index in [1.54, 1.807) is 18.2 Å². The molecule has 1 heterocycles. The lowest BCUT2D eigenvalue weighted by Gasteiger charge is -2.13. The van der Waals surface area contributed by atoms with E-state index in [0.29, 0.717) is 6.29 Å². The van der Waals surface area contributed by atoms with Gasteiger partial charge >= 0.3 is 5.76 Å². The predicted molar refractivity (Wildman–Crippen MR) is 101 cm³/mol. The number of H-pyrrole nitrogens is 1. The maximum atomic E-state index is 12.0. The van der Waals surface area contributed by atoms with Crippen LogP contribution in [-0.2, 0) is 0 Å². The highest BCUT2D eigenvalue weighted by Gasteiger charge is 2.17. The maximum absolute atomic E-state index is 12.0. The van der Waals surface area contributed by atoms with Crippen LogP contribution in [0.5, 0.6) is 5.75 Å². The molecule has 28 heavy (non-hydrogen) atoms. The number of halogens is 2. The van der Waals surface area contributed by atoms with Gasteiger partial charge in [0.1, 0.15) is 0 Å². The molecular weight excluding hydrogens is 411 g/mol. The Labute approximate surface area is 166 Å². The summed E-state index contributed by atoms with van der Waals surface area (Å²) in [5.41, 5.74) is 0.721. The number of benzene rings is 2. The van der Waals surface area contributed by atoms with Crippen LogP contribution in [0.15, 0.2) is 45.7 Å². The highest BCUT2D eigenvalue weighted by atomic mass is 35.5. The summed E-state index contributed by atoms with van der Waals surface area (Å²) in [6, 6.07) is 9.05. The summed E-state index contributed by atoms with van der Waals surface area (Å²) >= 11 is 12.3.